The van der Waals surface area contributed by atoms with Crippen molar-refractivity contribution in [3.8, 4) is 17.2 Å². The van der Waals surface area contributed by atoms with Crippen molar-refractivity contribution in [2.75, 3.05) is 64.1 Å². The minimum Gasteiger partial charge on any atom is -0.490 e. The monoisotopic (exact) mass is 711 g/mol. The Morgan fingerprint density at radius 3 is 2.65 bits per heavy atom. The molecule has 5 heterocycles. The number of carbonyl (C=O) groups excluding carboxylic acids is 1. The van der Waals surface area contributed by atoms with Gasteiger partial charge in [-0.2, -0.15) is 0 Å². The van der Waals surface area contributed by atoms with E-state index >= 15 is 0 Å². The molecule has 1 aromatic carbocycles. The first-order valence-corrected chi connectivity index (χ1v) is 18.0. The Kier molecular flexibility index (Phi) is 12.6. The summed E-state index contributed by atoms with van der Waals surface area (Å²) < 4.78 is 59.5. The van der Waals surface area contributed by atoms with Gasteiger partial charge in [-0.3, -0.25) is 19.6 Å². The fourth-order valence-corrected chi connectivity index (χ4v) is 6.95. The molecule has 0 unspecified atom stereocenters. The standard InChI is InChI=1S/C37H48F3N7O4/c1-26(2)47(23-35(39)40)37(48)29-20-27(38)6-7-32(29)51-34-21-41-24-43-36(34)46-17-9-28(10-18-46)50-33-8-12-42-31-11-16-44(22-30(31)33)14-5-15-45-13-3-4-19-49-25-45/h6-8,12,20-21,24,26,28,35H,3-5,9-11,13-19,22-23,25H2,1-2H3. The first-order chi connectivity index (χ1) is 24.7. The SMILES string of the molecule is CC(C)N(CC(F)F)C(=O)c1cc(F)ccc1Oc1cncnc1N1CCC(Oc2ccnc3c2CN(CCCN2CCCCOC2)CC3)CC1. The lowest BCUT2D eigenvalue weighted by atomic mass is 10.0. The van der Waals surface area contributed by atoms with Crippen molar-refractivity contribution in [3.05, 3.63) is 65.6 Å². The highest BCUT2D eigenvalue weighted by molar-refractivity contribution is 5.97. The molecule has 11 nitrogen and oxygen atoms in total. The largest absolute Gasteiger partial charge is 0.490 e. The lowest BCUT2D eigenvalue weighted by Gasteiger charge is -2.35. The van der Waals surface area contributed by atoms with Gasteiger partial charge in [-0.1, -0.05) is 0 Å². The zero-order valence-electron chi connectivity index (χ0n) is 29.5. The number of pyridine rings is 1. The zero-order valence-corrected chi connectivity index (χ0v) is 29.5. The quantitative estimate of drug-likeness (QED) is 0.217. The second-order valence-electron chi connectivity index (χ2n) is 13.7. The molecule has 3 aliphatic rings. The molecule has 0 saturated carbocycles. The summed E-state index contributed by atoms with van der Waals surface area (Å²) in [6, 6.07) is 4.93. The van der Waals surface area contributed by atoms with E-state index in [0.29, 0.717) is 18.9 Å². The molecular formula is C37H48F3N7O4. The van der Waals surface area contributed by atoms with Crippen LogP contribution in [-0.4, -0.2) is 113 Å². The van der Waals surface area contributed by atoms with Crippen LogP contribution in [0.25, 0.3) is 0 Å². The average molecular weight is 712 g/mol. The predicted molar refractivity (Wildman–Crippen MR) is 186 cm³/mol. The molecule has 2 saturated heterocycles. The van der Waals surface area contributed by atoms with Gasteiger partial charge in [0.05, 0.1) is 25.0 Å². The Labute approximate surface area is 297 Å². The van der Waals surface area contributed by atoms with Crippen LogP contribution in [0.3, 0.4) is 0 Å². The van der Waals surface area contributed by atoms with Gasteiger partial charge in [0.15, 0.2) is 11.6 Å². The molecule has 6 rings (SSSR count). The van der Waals surface area contributed by atoms with Gasteiger partial charge < -0.3 is 24.0 Å². The van der Waals surface area contributed by atoms with Gasteiger partial charge in [-0.25, -0.2) is 23.1 Å². The lowest BCUT2D eigenvalue weighted by molar-refractivity contribution is 0.0472. The maximum Gasteiger partial charge on any atom is 0.258 e. The number of rotatable bonds is 13. The van der Waals surface area contributed by atoms with Crippen LogP contribution in [-0.2, 0) is 17.7 Å². The third-order valence-corrected chi connectivity index (χ3v) is 9.69. The molecule has 0 atom stereocenters. The van der Waals surface area contributed by atoms with Crippen LogP contribution in [0.5, 0.6) is 17.2 Å². The van der Waals surface area contributed by atoms with E-state index in [4.69, 9.17) is 14.2 Å². The van der Waals surface area contributed by atoms with E-state index in [2.05, 4.69) is 29.7 Å². The maximum atomic E-state index is 14.3. The van der Waals surface area contributed by atoms with Gasteiger partial charge in [-0.15, -0.1) is 0 Å². The molecule has 0 aliphatic carbocycles. The number of fused-ring (bicyclic) bond motifs is 1. The molecule has 3 aliphatic heterocycles. The summed E-state index contributed by atoms with van der Waals surface area (Å²) in [5, 5.41) is 0. The van der Waals surface area contributed by atoms with Crippen molar-refractivity contribution in [3.63, 3.8) is 0 Å². The Bertz CT molecular complexity index is 1600. The van der Waals surface area contributed by atoms with Gasteiger partial charge in [0.25, 0.3) is 12.3 Å². The van der Waals surface area contributed by atoms with E-state index < -0.39 is 30.7 Å². The average Bonchev–Trinajstić information content (AvgIpc) is 3.41. The number of anilines is 1. The van der Waals surface area contributed by atoms with Gasteiger partial charge in [0.2, 0.25) is 0 Å². The maximum absolute atomic E-state index is 14.3. The minimum atomic E-state index is -2.74. The van der Waals surface area contributed by atoms with Crippen LogP contribution in [0.2, 0.25) is 0 Å². The molecule has 51 heavy (non-hydrogen) atoms. The summed E-state index contributed by atoms with van der Waals surface area (Å²) >= 11 is 0. The van der Waals surface area contributed by atoms with E-state index in [1.807, 2.05) is 12.3 Å². The molecule has 0 spiro atoms. The molecule has 2 fully saturated rings. The fourth-order valence-electron chi connectivity index (χ4n) is 6.95. The van der Waals surface area contributed by atoms with Crippen molar-refractivity contribution >= 4 is 11.7 Å². The normalized spacial score (nSPS) is 17.7. The fraction of sp³-hybridized carbons (Fsp3) is 0.568. The number of aromatic nitrogens is 3. The molecule has 276 valence electrons. The highest BCUT2D eigenvalue weighted by atomic mass is 19.3. The van der Waals surface area contributed by atoms with Crippen molar-refractivity contribution in [1.82, 2.24) is 29.7 Å². The first-order valence-electron chi connectivity index (χ1n) is 18.0. The van der Waals surface area contributed by atoms with Crippen LogP contribution < -0.4 is 14.4 Å². The Morgan fingerprint density at radius 2 is 1.84 bits per heavy atom. The minimum absolute atomic E-state index is 0.00413. The zero-order chi connectivity index (χ0) is 35.7. The number of carbonyl (C=O) groups is 1. The number of piperidine rings is 1. The number of hydrogen-bond donors (Lipinski definition) is 0. The van der Waals surface area contributed by atoms with Gasteiger partial charge in [0.1, 0.15) is 29.7 Å². The van der Waals surface area contributed by atoms with Crippen LogP contribution in [0.4, 0.5) is 19.0 Å². The Morgan fingerprint density at radius 1 is 1.02 bits per heavy atom. The number of alkyl halides is 2. The van der Waals surface area contributed by atoms with Crippen LogP contribution in [0.1, 0.15) is 67.6 Å². The van der Waals surface area contributed by atoms with E-state index in [-0.39, 0.29) is 23.2 Å². The Hall–Kier alpha value is -4.01. The van der Waals surface area contributed by atoms with E-state index in [1.54, 1.807) is 13.8 Å². The van der Waals surface area contributed by atoms with Crippen LogP contribution in [0.15, 0.2) is 43.0 Å². The molecule has 1 amide bonds. The summed E-state index contributed by atoms with van der Waals surface area (Å²) in [7, 11) is 0. The Balaban J connectivity index is 1.07. The molecule has 2 aromatic heterocycles. The molecular weight excluding hydrogens is 663 g/mol. The molecule has 0 bridgehead atoms. The topological polar surface area (TPSA) is 96.4 Å². The van der Waals surface area contributed by atoms with Crippen molar-refractivity contribution in [2.24, 2.45) is 0 Å². The molecule has 3 aromatic rings. The van der Waals surface area contributed by atoms with Crippen molar-refractivity contribution in [1.29, 1.82) is 0 Å². The number of halogens is 3. The van der Waals surface area contributed by atoms with Crippen molar-refractivity contribution < 1.29 is 32.2 Å². The molecule has 0 N–H and O–H groups in total. The van der Waals surface area contributed by atoms with E-state index in [0.717, 1.165) is 107 Å². The third kappa shape index (κ3) is 9.66. The smallest absolute Gasteiger partial charge is 0.258 e. The van der Waals surface area contributed by atoms with E-state index in [9.17, 15) is 18.0 Å². The summed E-state index contributed by atoms with van der Waals surface area (Å²) in [4.78, 5) is 34.6. The van der Waals surface area contributed by atoms with Crippen LogP contribution >= 0.6 is 0 Å². The highest BCUT2D eigenvalue weighted by Crippen LogP contribution is 2.35. The van der Waals surface area contributed by atoms with Gasteiger partial charge >= 0.3 is 0 Å². The van der Waals surface area contributed by atoms with Crippen molar-refractivity contribution in [2.45, 2.75) is 77.5 Å². The first kappa shape index (κ1) is 36.8. The highest BCUT2D eigenvalue weighted by Gasteiger charge is 2.29. The van der Waals surface area contributed by atoms with E-state index in [1.165, 1.54) is 30.6 Å². The number of benzene rings is 1. The number of nitrogens with zero attached hydrogens (tertiary/aromatic N) is 7. The summed E-state index contributed by atoms with van der Waals surface area (Å²) in [6.07, 6.45) is 7.79. The van der Waals surface area contributed by atoms with Gasteiger partial charge in [-0.05, 0) is 63.9 Å². The number of hydrogen-bond acceptors (Lipinski definition) is 10. The second kappa shape index (κ2) is 17.5. The second-order valence-corrected chi connectivity index (χ2v) is 13.7. The third-order valence-electron chi connectivity index (χ3n) is 9.69. The molecule has 14 heteroatoms. The lowest BCUT2D eigenvalue weighted by Crippen LogP contribution is -2.40. The molecule has 0 radical (unpaired) electrons. The predicted octanol–water partition coefficient (Wildman–Crippen LogP) is 5.78. The number of ether oxygens (including phenoxy) is 3. The summed E-state index contributed by atoms with van der Waals surface area (Å²) in [5.41, 5.74) is 2.12. The summed E-state index contributed by atoms with van der Waals surface area (Å²) in [5.74, 6) is 0.284. The van der Waals surface area contributed by atoms with Gasteiger partial charge in [0, 0.05) is 88.6 Å². The van der Waals surface area contributed by atoms with Crippen LogP contribution in [0, 0.1) is 5.82 Å². The summed E-state index contributed by atoms with van der Waals surface area (Å²) in [6.45, 7) is 10.3. The number of amides is 1.